The van der Waals surface area contributed by atoms with Crippen LogP contribution < -0.4 is 9.62 Å². The van der Waals surface area contributed by atoms with Gasteiger partial charge in [0, 0.05) is 40.1 Å². The maximum Gasteiger partial charge on any atom is 0.244 e. The van der Waals surface area contributed by atoms with Crippen LogP contribution >= 0.6 is 39.1 Å². The number of carbonyl (C=O) groups is 2. The first-order valence-corrected chi connectivity index (χ1v) is 14.6. The molecule has 196 valence electrons. The molecule has 3 aromatic carbocycles. The van der Waals surface area contributed by atoms with Crippen LogP contribution in [0.25, 0.3) is 0 Å². The number of rotatable bonds is 10. The van der Waals surface area contributed by atoms with Gasteiger partial charge in [-0.15, -0.1) is 0 Å². The van der Waals surface area contributed by atoms with Gasteiger partial charge in [0.25, 0.3) is 0 Å². The zero-order valence-electron chi connectivity index (χ0n) is 20.2. The number of hydrogen-bond donors (Lipinski definition) is 1. The molecule has 0 aliphatic carbocycles. The summed E-state index contributed by atoms with van der Waals surface area (Å²) in [4.78, 5) is 28.3. The number of benzene rings is 3. The average Bonchev–Trinajstić information content (AvgIpc) is 2.86. The molecule has 1 N–H and O–H groups in total. The van der Waals surface area contributed by atoms with Crippen LogP contribution in [0.3, 0.4) is 0 Å². The van der Waals surface area contributed by atoms with Gasteiger partial charge in [-0.2, -0.15) is 0 Å². The maximum atomic E-state index is 13.9. The lowest BCUT2D eigenvalue weighted by Gasteiger charge is -2.33. The van der Waals surface area contributed by atoms with Crippen molar-refractivity contribution in [3.63, 3.8) is 0 Å². The van der Waals surface area contributed by atoms with Crippen LogP contribution in [0, 0.1) is 0 Å². The van der Waals surface area contributed by atoms with Gasteiger partial charge in [0.15, 0.2) is 0 Å². The minimum atomic E-state index is -3.84. The Bertz CT molecular complexity index is 1340. The minimum Gasteiger partial charge on any atom is -0.357 e. The van der Waals surface area contributed by atoms with Crippen LogP contribution in [-0.2, 0) is 32.6 Å². The van der Waals surface area contributed by atoms with E-state index >= 15 is 0 Å². The first kappa shape index (κ1) is 29.0. The first-order chi connectivity index (χ1) is 17.5. The van der Waals surface area contributed by atoms with E-state index in [0.29, 0.717) is 21.3 Å². The van der Waals surface area contributed by atoms with Gasteiger partial charge < -0.3 is 10.2 Å². The lowest BCUT2D eigenvalue weighted by molar-refractivity contribution is -0.139. The summed E-state index contributed by atoms with van der Waals surface area (Å²) in [6.45, 7) is -0.620. The van der Waals surface area contributed by atoms with E-state index in [2.05, 4.69) is 21.2 Å². The molecule has 0 fully saturated rings. The minimum absolute atomic E-state index is 0.0970. The summed E-state index contributed by atoms with van der Waals surface area (Å²) in [5.41, 5.74) is 1.59. The SMILES string of the molecule is CNC(=O)C(Cc1ccccc1)N(Cc1c(Cl)cccc1Cl)C(=O)CN(c1ccc(Br)cc1)S(C)(=O)=O. The zero-order valence-corrected chi connectivity index (χ0v) is 24.1. The highest BCUT2D eigenvalue weighted by molar-refractivity contribution is 9.10. The Morgan fingerprint density at radius 2 is 1.54 bits per heavy atom. The Labute approximate surface area is 235 Å². The number of nitrogens with zero attached hydrogens (tertiary/aromatic N) is 2. The predicted molar refractivity (Wildman–Crippen MR) is 151 cm³/mol. The summed E-state index contributed by atoms with van der Waals surface area (Å²) in [5, 5.41) is 3.28. The van der Waals surface area contributed by atoms with Gasteiger partial charge in [0.2, 0.25) is 21.8 Å². The molecule has 3 aromatic rings. The molecule has 0 bridgehead atoms. The van der Waals surface area contributed by atoms with Crippen LogP contribution in [-0.4, -0.2) is 51.0 Å². The summed E-state index contributed by atoms with van der Waals surface area (Å²) in [5.74, 6) is -0.996. The molecular formula is C26H26BrCl2N3O4S. The van der Waals surface area contributed by atoms with E-state index in [1.54, 1.807) is 42.5 Å². The van der Waals surface area contributed by atoms with Crippen LogP contribution in [0.4, 0.5) is 5.69 Å². The molecule has 0 aliphatic rings. The van der Waals surface area contributed by atoms with Crippen molar-refractivity contribution in [3.05, 3.63) is 98.4 Å². The third kappa shape index (κ3) is 7.70. The number of halogens is 3. The normalized spacial score (nSPS) is 12.0. The van der Waals surface area contributed by atoms with Gasteiger partial charge >= 0.3 is 0 Å². The summed E-state index contributed by atoms with van der Waals surface area (Å²) in [6, 6.07) is 19.8. The lowest BCUT2D eigenvalue weighted by Crippen LogP contribution is -2.53. The number of nitrogens with one attached hydrogen (secondary N) is 1. The molecule has 0 heterocycles. The number of anilines is 1. The molecule has 0 aliphatic heterocycles. The first-order valence-electron chi connectivity index (χ1n) is 11.2. The van der Waals surface area contributed by atoms with E-state index in [4.69, 9.17) is 23.2 Å². The molecule has 0 saturated heterocycles. The topological polar surface area (TPSA) is 86.8 Å². The molecular weight excluding hydrogens is 601 g/mol. The standard InChI is InChI=1S/C26H26BrCl2N3O4S/c1-30-26(34)24(15-18-7-4-3-5-8-18)31(16-21-22(28)9-6-10-23(21)29)25(33)17-32(37(2,35)36)20-13-11-19(27)12-14-20/h3-14,24H,15-17H2,1-2H3,(H,30,34). The Kier molecular flexibility index (Phi) is 10.0. The van der Waals surface area contributed by atoms with Crippen LogP contribution in [0.15, 0.2) is 77.3 Å². The summed E-state index contributed by atoms with van der Waals surface area (Å²) >= 11 is 16.2. The third-order valence-electron chi connectivity index (χ3n) is 5.70. The van der Waals surface area contributed by atoms with E-state index in [1.807, 2.05) is 30.3 Å². The van der Waals surface area contributed by atoms with E-state index in [9.17, 15) is 18.0 Å². The molecule has 0 radical (unpaired) electrons. The van der Waals surface area contributed by atoms with E-state index < -0.39 is 34.4 Å². The number of amides is 2. The van der Waals surface area contributed by atoms with Crippen molar-refractivity contribution in [2.45, 2.75) is 19.0 Å². The lowest BCUT2D eigenvalue weighted by atomic mass is 10.0. The molecule has 7 nitrogen and oxygen atoms in total. The van der Waals surface area contributed by atoms with Crippen LogP contribution in [0.1, 0.15) is 11.1 Å². The van der Waals surface area contributed by atoms with Gasteiger partial charge in [-0.25, -0.2) is 8.42 Å². The smallest absolute Gasteiger partial charge is 0.244 e. The fraction of sp³-hybridized carbons (Fsp3) is 0.231. The number of carbonyl (C=O) groups excluding carboxylic acids is 2. The van der Waals surface area contributed by atoms with Crippen LogP contribution in [0.5, 0.6) is 0 Å². The number of likely N-dealkylation sites (N-methyl/N-ethyl adjacent to an activating group) is 1. The Balaban J connectivity index is 2.06. The Morgan fingerprint density at radius 3 is 2.08 bits per heavy atom. The van der Waals surface area contributed by atoms with E-state index in [0.717, 1.165) is 20.6 Å². The van der Waals surface area contributed by atoms with Crippen molar-refractivity contribution < 1.29 is 18.0 Å². The quantitative estimate of drug-likeness (QED) is 0.347. The molecule has 0 aromatic heterocycles. The largest absolute Gasteiger partial charge is 0.357 e. The van der Waals surface area contributed by atoms with Gasteiger partial charge in [0.05, 0.1) is 11.9 Å². The van der Waals surface area contributed by atoms with Gasteiger partial charge in [0.1, 0.15) is 12.6 Å². The van der Waals surface area contributed by atoms with Crippen molar-refractivity contribution in [1.29, 1.82) is 0 Å². The highest BCUT2D eigenvalue weighted by atomic mass is 79.9. The van der Waals surface area contributed by atoms with Crippen molar-refractivity contribution >= 4 is 66.7 Å². The highest BCUT2D eigenvalue weighted by Gasteiger charge is 2.33. The second-order valence-electron chi connectivity index (χ2n) is 8.29. The van der Waals surface area contributed by atoms with Crippen LogP contribution in [0.2, 0.25) is 10.0 Å². The fourth-order valence-corrected chi connectivity index (χ4v) is 5.43. The second kappa shape index (κ2) is 12.8. The van der Waals surface area contributed by atoms with E-state index in [1.165, 1.54) is 11.9 Å². The average molecular weight is 627 g/mol. The molecule has 0 spiro atoms. The molecule has 2 amide bonds. The predicted octanol–water partition coefficient (Wildman–Crippen LogP) is 4.91. The monoisotopic (exact) mass is 625 g/mol. The maximum absolute atomic E-state index is 13.9. The van der Waals surface area contributed by atoms with Gasteiger partial charge in [-0.1, -0.05) is 75.5 Å². The van der Waals surface area contributed by atoms with Crippen molar-refractivity contribution in [3.8, 4) is 0 Å². The van der Waals surface area contributed by atoms with Gasteiger partial charge in [-0.05, 0) is 42.0 Å². The zero-order chi connectivity index (χ0) is 27.2. The molecule has 11 heteroatoms. The Morgan fingerprint density at radius 1 is 0.946 bits per heavy atom. The van der Waals surface area contributed by atoms with Gasteiger partial charge in [-0.3, -0.25) is 13.9 Å². The van der Waals surface area contributed by atoms with Crippen molar-refractivity contribution in [1.82, 2.24) is 10.2 Å². The van der Waals surface area contributed by atoms with Crippen molar-refractivity contribution in [2.75, 3.05) is 24.2 Å². The third-order valence-corrected chi connectivity index (χ3v) is 8.08. The van der Waals surface area contributed by atoms with E-state index in [-0.39, 0.29) is 13.0 Å². The fourth-order valence-electron chi connectivity index (χ4n) is 3.80. The summed E-state index contributed by atoms with van der Waals surface area (Å²) < 4.78 is 27.2. The molecule has 3 rings (SSSR count). The Hall–Kier alpha value is -2.59. The summed E-state index contributed by atoms with van der Waals surface area (Å²) in [6.07, 6.45) is 1.23. The molecule has 37 heavy (non-hydrogen) atoms. The number of sulfonamides is 1. The molecule has 0 saturated carbocycles. The highest BCUT2D eigenvalue weighted by Crippen LogP contribution is 2.28. The van der Waals surface area contributed by atoms with Crippen molar-refractivity contribution in [2.24, 2.45) is 0 Å². The number of hydrogen-bond acceptors (Lipinski definition) is 4. The molecule has 1 unspecified atom stereocenters. The summed E-state index contributed by atoms with van der Waals surface area (Å²) in [7, 11) is -2.36. The second-order valence-corrected chi connectivity index (χ2v) is 11.9. The molecule has 1 atom stereocenters.